The minimum atomic E-state index is -2.79. The topological polar surface area (TPSA) is 94.7 Å². The summed E-state index contributed by atoms with van der Waals surface area (Å²) >= 11 is 0. The van der Waals surface area contributed by atoms with Crippen molar-refractivity contribution in [2.75, 3.05) is 0 Å². The van der Waals surface area contributed by atoms with E-state index in [9.17, 15) is 12.8 Å². The highest BCUT2D eigenvalue weighted by Crippen LogP contribution is 2.28. The van der Waals surface area contributed by atoms with E-state index in [-0.39, 0.29) is 12.4 Å². The van der Waals surface area contributed by atoms with Gasteiger partial charge < -0.3 is 0 Å². The molecule has 0 fully saturated rings. The number of nitrogens with one attached hydrogen (secondary N) is 1. The molecule has 0 aliphatic carbocycles. The smallest absolute Gasteiger partial charge is 0.201 e. The Morgan fingerprint density at radius 3 is 2.64 bits per heavy atom. The molecular formula is C23H19FN6O2S. The lowest BCUT2D eigenvalue weighted by Crippen LogP contribution is -2.12. The van der Waals surface area contributed by atoms with Gasteiger partial charge in [-0.15, -0.1) is 0 Å². The number of halogens is 1. The summed E-state index contributed by atoms with van der Waals surface area (Å²) in [6.07, 6.45) is 5.37. The number of fused-ring (bicyclic) bond motifs is 1. The van der Waals surface area contributed by atoms with Gasteiger partial charge in [-0.2, -0.15) is 5.10 Å². The third-order valence-corrected chi connectivity index (χ3v) is 5.69. The van der Waals surface area contributed by atoms with Gasteiger partial charge in [-0.3, -0.25) is 9.25 Å². The monoisotopic (exact) mass is 462 g/mol. The number of thiol groups is 1. The van der Waals surface area contributed by atoms with Crippen LogP contribution in [-0.4, -0.2) is 32.7 Å². The van der Waals surface area contributed by atoms with Crippen molar-refractivity contribution in [1.82, 2.24) is 29.0 Å². The van der Waals surface area contributed by atoms with E-state index >= 15 is 0 Å². The molecule has 3 heterocycles. The van der Waals surface area contributed by atoms with E-state index in [2.05, 4.69) is 19.8 Å². The Kier molecular flexibility index (Phi) is 5.45. The molecule has 0 atom stereocenters. The molecule has 2 aromatic carbocycles. The maximum atomic E-state index is 14.5. The molecule has 8 nitrogen and oxygen atoms in total. The fourth-order valence-electron chi connectivity index (χ4n) is 3.73. The first-order chi connectivity index (χ1) is 16.0. The number of imidazole rings is 1. The number of hydrogen-bond donors (Lipinski definition) is 2. The van der Waals surface area contributed by atoms with Crippen LogP contribution >= 0.6 is 0 Å². The highest BCUT2D eigenvalue weighted by atomic mass is 32.2. The zero-order chi connectivity index (χ0) is 22.9. The van der Waals surface area contributed by atoms with Crippen molar-refractivity contribution in [1.29, 1.82) is 0 Å². The van der Waals surface area contributed by atoms with Crippen LogP contribution in [0.2, 0.25) is 0 Å². The number of rotatable bonds is 6. The first-order valence-electron chi connectivity index (χ1n) is 10.1. The molecule has 0 spiro atoms. The van der Waals surface area contributed by atoms with E-state index in [4.69, 9.17) is 0 Å². The normalized spacial score (nSPS) is 11.5. The number of benzene rings is 2. The van der Waals surface area contributed by atoms with Crippen LogP contribution in [0.4, 0.5) is 4.39 Å². The fraction of sp³-hybridized carbons (Fsp3) is 0.0870. The van der Waals surface area contributed by atoms with E-state index in [0.29, 0.717) is 22.6 Å². The molecule has 3 aromatic heterocycles. The van der Waals surface area contributed by atoms with Crippen LogP contribution in [0.5, 0.6) is 0 Å². The lowest BCUT2D eigenvalue weighted by Gasteiger charge is -2.11. The van der Waals surface area contributed by atoms with Crippen LogP contribution in [-0.2, 0) is 24.5 Å². The minimum Gasteiger partial charge on any atom is -0.283 e. The molecule has 10 heteroatoms. The van der Waals surface area contributed by atoms with E-state index in [1.807, 2.05) is 31.4 Å². The highest BCUT2D eigenvalue weighted by molar-refractivity contribution is 7.70. The Bertz CT molecular complexity index is 1550. The SMILES string of the molecule is Cn1cc(-c2ccc3c(c2)ncn3-c2cc(-c3ccccc3F)cc(CN[SH](=O)=O)n2)cn1. The van der Waals surface area contributed by atoms with Gasteiger partial charge in [-0.25, -0.2) is 27.5 Å². The summed E-state index contributed by atoms with van der Waals surface area (Å²) in [7, 11) is -0.930. The van der Waals surface area contributed by atoms with Gasteiger partial charge in [0.05, 0.1) is 29.5 Å². The van der Waals surface area contributed by atoms with Crippen LogP contribution in [0.3, 0.4) is 0 Å². The van der Waals surface area contributed by atoms with Crippen LogP contribution in [0.1, 0.15) is 5.69 Å². The Morgan fingerprint density at radius 2 is 1.88 bits per heavy atom. The molecule has 5 aromatic rings. The first kappa shape index (κ1) is 21.0. The summed E-state index contributed by atoms with van der Waals surface area (Å²) in [5.41, 5.74) is 4.99. The molecule has 0 saturated carbocycles. The molecule has 0 aliphatic heterocycles. The van der Waals surface area contributed by atoms with Crippen LogP contribution < -0.4 is 4.72 Å². The van der Waals surface area contributed by atoms with Gasteiger partial charge in [0.1, 0.15) is 18.0 Å². The standard InChI is InChI=1S/C23H19FN6O2S/c1-29-13-17(11-26-29)15-6-7-22-21(9-15)25-14-30(22)23-10-16(19-4-2-3-5-20(19)24)8-18(28-23)12-27-33(31)32/h2-11,13-14,33H,12H2,1H3,(H,27,31,32). The number of aromatic nitrogens is 5. The van der Waals surface area contributed by atoms with Gasteiger partial charge in [-0.05, 0) is 41.5 Å². The summed E-state index contributed by atoms with van der Waals surface area (Å²) < 4.78 is 42.5. The Balaban J connectivity index is 1.62. The molecule has 0 amide bonds. The molecule has 0 radical (unpaired) electrons. The summed E-state index contributed by atoms with van der Waals surface area (Å²) in [6.45, 7) is -0.00815. The average molecular weight is 463 g/mol. The molecular weight excluding hydrogens is 443 g/mol. The van der Waals surface area contributed by atoms with E-state index < -0.39 is 10.9 Å². The Labute approximate surface area is 190 Å². The lowest BCUT2D eigenvalue weighted by atomic mass is 10.0. The van der Waals surface area contributed by atoms with Crippen molar-refractivity contribution < 1.29 is 12.8 Å². The van der Waals surface area contributed by atoms with Gasteiger partial charge in [-0.1, -0.05) is 24.3 Å². The summed E-state index contributed by atoms with van der Waals surface area (Å²) in [5, 5.41) is 4.21. The zero-order valence-corrected chi connectivity index (χ0v) is 18.4. The minimum absolute atomic E-state index is 0.00815. The number of hydrogen-bond acceptors (Lipinski definition) is 5. The molecule has 166 valence electrons. The first-order valence-corrected chi connectivity index (χ1v) is 11.3. The van der Waals surface area contributed by atoms with Gasteiger partial charge in [0.25, 0.3) is 0 Å². The number of aryl methyl sites for hydroxylation is 1. The maximum Gasteiger partial charge on any atom is 0.201 e. The van der Waals surface area contributed by atoms with Crippen molar-refractivity contribution in [3.05, 3.63) is 84.8 Å². The van der Waals surface area contributed by atoms with Crippen molar-refractivity contribution >= 4 is 21.9 Å². The van der Waals surface area contributed by atoms with Crippen molar-refractivity contribution in [3.63, 3.8) is 0 Å². The second kappa shape index (κ2) is 8.57. The van der Waals surface area contributed by atoms with Crippen LogP contribution in [0, 0.1) is 5.82 Å². The predicted octanol–water partition coefficient (Wildman–Crippen LogP) is 3.24. The highest BCUT2D eigenvalue weighted by Gasteiger charge is 2.13. The molecule has 0 saturated heterocycles. The Morgan fingerprint density at radius 1 is 1.03 bits per heavy atom. The lowest BCUT2D eigenvalue weighted by molar-refractivity contribution is 0.600. The summed E-state index contributed by atoms with van der Waals surface area (Å²) in [6, 6.07) is 15.7. The maximum absolute atomic E-state index is 14.5. The Hall–Kier alpha value is -3.89. The zero-order valence-electron chi connectivity index (χ0n) is 17.5. The van der Waals surface area contributed by atoms with E-state index in [0.717, 1.165) is 22.2 Å². The third kappa shape index (κ3) is 4.26. The van der Waals surface area contributed by atoms with Gasteiger partial charge >= 0.3 is 0 Å². The molecule has 5 rings (SSSR count). The second-order valence-electron chi connectivity index (χ2n) is 7.50. The van der Waals surface area contributed by atoms with E-state index in [1.165, 1.54) is 6.07 Å². The quantitative estimate of drug-likeness (QED) is 0.378. The third-order valence-electron chi connectivity index (χ3n) is 5.27. The van der Waals surface area contributed by atoms with Crippen molar-refractivity contribution in [2.45, 2.75) is 6.54 Å². The largest absolute Gasteiger partial charge is 0.283 e. The molecule has 33 heavy (non-hydrogen) atoms. The van der Waals surface area contributed by atoms with Gasteiger partial charge in [0.15, 0.2) is 0 Å². The van der Waals surface area contributed by atoms with Crippen molar-refractivity contribution in [3.8, 4) is 28.1 Å². The van der Waals surface area contributed by atoms with E-state index in [1.54, 1.807) is 52.1 Å². The summed E-state index contributed by atoms with van der Waals surface area (Å²) in [5.74, 6) is 0.130. The van der Waals surface area contributed by atoms with Crippen LogP contribution in [0.25, 0.3) is 39.1 Å². The number of pyridine rings is 1. The predicted molar refractivity (Wildman–Crippen MR) is 124 cm³/mol. The van der Waals surface area contributed by atoms with Gasteiger partial charge in [0.2, 0.25) is 10.9 Å². The second-order valence-corrected chi connectivity index (χ2v) is 8.33. The van der Waals surface area contributed by atoms with Gasteiger partial charge in [0, 0.05) is 24.4 Å². The molecule has 0 bridgehead atoms. The average Bonchev–Trinajstić information content (AvgIpc) is 3.43. The molecule has 0 aliphatic rings. The summed E-state index contributed by atoms with van der Waals surface area (Å²) in [4.78, 5) is 9.12. The van der Waals surface area contributed by atoms with Crippen molar-refractivity contribution in [2.24, 2.45) is 7.05 Å². The van der Waals surface area contributed by atoms with Crippen LogP contribution in [0.15, 0.2) is 73.3 Å². The number of nitrogens with zero attached hydrogens (tertiary/aromatic N) is 5. The fourth-order valence-corrected chi connectivity index (χ4v) is 4.02. The molecule has 1 N–H and O–H groups in total. The molecule has 0 unspecified atom stereocenters.